The van der Waals surface area contributed by atoms with Gasteiger partial charge in [-0.05, 0) is 30.7 Å². The van der Waals surface area contributed by atoms with Gasteiger partial charge in [-0.1, -0.05) is 6.07 Å². The number of nitrogens with one attached hydrogen (secondary N) is 1. The second-order valence-electron chi connectivity index (χ2n) is 6.67. The van der Waals surface area contributed by atoms with Crippen molar-refractivity contribution in [2.24, 2.45) is 7.05 Å². The number of carbonyl (C=O) groups excluding carboxylic acids is 1. The number of hydrogen-bond donors (Lipinski definition) is 1. The topological polar surface area (TPSA) is 87.4 Å². The van der Waals surface area contributed by atoms with Crippen molar-refractivity contribution in [1.82, 2.24) is 19.4 Å². The highest BCUT2D eigenvalue weighted by Crippen LogP contribution is 2.29. The molecule has 2 aromatic heterocycles. The molecule has 8 nitrogen and oxygen atoms in total. The second kappa shape index (κ2) is 8.64. The second-order valence-corrected chi connectivity index (χ2v) is 6.67. The van der Waals surface area contributed by atoms with Gasteiger partial charge >= 0.3 is 0 Å². The zero-order chi connectivity index (χ0) is 21.0. The highest BCUT2D eigenvalue weighted by atomic mass is 16.5. The van der Waals surface area contributed by atoms with Crippen LogP contribution in [0.15, 0.2) is 53.7 Å². The maximum Gasteiger partial charge on any atom is 0.253 e. The number of rotatable bonds is 7. The van der Waals surface area contributed by atoms with Gasteiger partial charge < -0.3 is 23.9 Å². The fourth-order valence-electron chi connectivity index (χ4n) is 3.09. The van der Waals surface area contributed by atoms with E-state index in [1.807, 2.05) is 23.7 Å². The first-order valence-corrected chi connectivity index (χ1v) is 9.08. The Morgan fingerprint density at radius 1 is 1.17 bits per heavy atom. The summed E-state index contributed by atoms with van der Waals surface area (Å²) in [6.45, 7) is 1.62. The van der Waals surface area contributed by atoms with Gasteiger partial charge in [-0.3, -0.25) is 9.59 Å². The minimum atomic E-state index is -0.549. The quantitative estimate of drug-likeness (QED) is 0.658. The molecular formula is C21H24N4O4. The Morgan fingerprint density at radius 2 is 1.86 bits per heavy atom. The molecule has 152 valence electrons. The van der Waals surface area contributed by atoms with Gasteiger partial charge in [-0.2, -0.15) is 0 Å². The number of amides is 1. The summed E-state index contributed by atoms with van der Waals surface area (Å²) in [6.07, 6.45) is 5.06. The molecule has 1 unspecified atom stereocenters. The van der Waals surface area contributed by atoms with Crippen LogP contribution in [0.25, 0.3) is 0 Å². The molecule has 0 spiro atoms. The molecule has 0 saturated carbocycles. The minimum absolute atomic E-state index is 0.0947. The maximum absolute atomic E-state index is 12.8. The first-order chi connectivity index (χ1) is 13.9. The summed E-state index contributed by atoms with van der Waals surface area (Å²) < 4.78 is 13.9. The molecule has 0 aliphatic heterocycles. The van der Waals surface area contributed by atoms with Crippen LogP contribution in [0.3, 0.4) is 0 Å². The number of hydrogen-bond acceptors (Lipinski definition) is 5. The highest BCUT2D eigenvalue weighted by molar-refractivity contribution is 5.76. The summed E-state index contributed by atoms with van der Waals surface area (Å²) in [4.78, 5) is 29.4. The van der Waals surface area contributed by atoms with Gasteiger partial charge in [0.2, 0.25) is 5.91 Å². The number of imidazole rings is 1. The van der Waals surface area contributed by atoms with Crippen LogP contribution in [0.2, 0.25) is 0 Å². The lowest BCUT2D eigenvalue weighted by Crippen LogP contribution is -2.36. The van der Waals surface area contributed by atoms with Crippen LogP contribution in [0.4, 0.5) is 0 Å². The van der Waals surface area contributed by atoms with Crippen molar-refractivity contribution in [3.8, 4) is 11.5 Å². The van der Waals surface area contributed by atoms with E-state index in [0.29, 0.717) is 22.9 Å². The molecule has 0 bridgehead atoms. The van der Waals surface area contributed by atoms with Crippen molar-refractivity contribution >= 4 is 5.91 Å². The molecule has 29 heavy (non-hydrogen) atoms. The van der Waals surface area contributed by atoms with E-state index in [1.54, 1.807) is 57.9 Å². The normalized spacial score (nSPS) is 11.7. The number of aryl methyl sites for hydroxylation is 2. The summed E-state index contributed by atoms with van der Waals surface area (Å²) in [7, 11) is 4.98. The summed E-state index contributed by atoms with van der Waals surface area (Å²) >= 11 is 0. The molecule has 0 aliphatic rings. The molecule has 0 saturated heterocycles. The highest BCUT2D eigenvalue weighted by Gasteiger charge is 2.22. The van der Waals surface area contributed by atoms with E-state index in [-0.39, 0.29) is 18.0 Å². The SMILES string of the molecule is COc1cc(OC)cc(C(NC(=O)Cn2cccc(C)c2=O)c2nccn2C)c1. The number of methoxy groups -OCH3 is 2. The Morgan fingerprint density at radius 3 is 2.45 bits per heavy atom. The van der Waals surface area contributed by atoms with Gasteiger partial charge in [0.05, 0.1) is 14.2 Å². The lowest BCUT2D eigenvalue weighted by molar-refractivity contribution is -0.122. The van der Waals surface area contributed by atoms with Crippen LogP contribution in [0.1, 0.15) is 23.0 Å². The van der Waals surface area contributed by atoms with Crippen molar-refractivity contribution in [3.63, 3.8) is 0 Å². The molecule has 8 heteroatoms. The lowest BCUT2D eigenvalue weighted by Gasteiger charge is -2.21. The summed E-state index contributed by atoms with van der Waals surface area (Å²) in [5.41, 5.74) is 1.14. The summed E-state index contributed by atoms with van der Waals surface area (Å²) in [5.74, 6) is 1.53. The third-order valence-electron chi connectivity index (χ3n) is 4.65. The Hall–Kier alpha value is -3.55. The van der Waals surface area contributed by atoms with E-state index in [2.05, 4.69) is 10.3 Å². The van der Waals surface area contributed by atoms with Gasteiger partial charge in [-0.15, -0.1) is 0 Å². The molecular weight excluding hydrogens is 372 g/mol. The minimum Gasteiger partial charge on any atom is -0.497 e. The van der Waals surface area contributed by atoms with Crippen molar-refractivity contribution in [2.45, 2.75) is 19.5 Å². The Balaban J connectivity index is 1.95. The molecule has 1 atom stereocenters. The van der Waals surface area contributed by atoms with Crippen molar-refractivity contribution < 1.29 is 14.3 Å². The predicted octanol–water partition coefficient (Wildman–Crippen LogP) is 1.81. The molecule has 3 aromatic rings. The molecule has 0 radical (unpaired) electrons. The van der Waals surface area contributed by atoms with Gasteiger partial charge in [-0.25, -0.2) is 4.98 Å². The maximum atomic E-state index is 12.8. The molecule has 1 aromatic carbocycles. The summed E-state index contributed by atoms with van der Waals surface area (Å²) in [6, 6.07) is 8.31. The summed E-state index contributed by atoms with van der Waals surface area (Å²) in [5, 5.41) is 2.98. The average molecular weight is 396 g/mol. The van der Waals surface area contributed by atoms with E-state index < -0.39 is 6.04 Å². The van der Waals surface area contributed by atoms with Crippen LogP contribution in [0.5, 0.6) is 11.5 Å². The van der Waals surface area contributed by atoms with Crippen LogP contribution in [-0.2, 0) is 18.4 Å². The molecule has 0 fully saturated rings. The molecule has 0 aliphatic carbocycles. The fourth-order valence-corrected chi connectivity index (χ4v) is 3.09. The van der Waals surface area contributed by atoms with Gasteiger partial charge in [0.1, 0.15) is 29.9 Å². The van der Waals surface area contributed by atoms with Crippen molar-refractivity contribution in [2.75, 3.05) is 14.2 Å². The van der Waals surface area contributed by atoms with Crippen LogP contribution >= 0.6 is 0 Å². The van der Waals surface area contributed by atoms with E-state index in [0.717, 1.165) is 5.56 Å². The van der Waals surface area contributed by atoms with E-state index >= 15 is 0 Å². The average Bonchev–Trinajstić information content (AvgIpc) is 3.14. The standard InChI is InChI=1S/C21H24N4O4/c1-14-6-5-8-25(21(14)27)13-18(26)23-19(20-22-7-9-24(20)2)15-10-16(28-3)12-17(11-15)29-4/h5-12,19H,13H2,1-4H3,(H,23,26). The van der Waals surface area contributed by atoms with Crippen LogP contribution in [-0.4, -0.2) is 34.2 Å². The zero-order valence-corrected chi connectivity index (χ0v) is 16.9. The van der Waals surface area contributed by atoms with E-state index in [4.69, 9.17) is 9.47 Å². The molecule has 3 rings (SSSR count). The number of pyridine rings is 1. The van der Waals surface area contributed by atoms with Crippen molar-refractivity contribution in [3.05, 3.63) is 76.2 Å². The van der Waals surface area contributed by atoms with E-state index in [9.17, 15) is 9.59 Å². The first-order valence-electron chi connectivity index (χ1n) is 9.08. The Bertz CT molecular complexity index is 1050. The Kier molecular flexibility index (Phi) is 6.01. The smallest absolute Gasteiger partial charge is 0.253 e. The number of carbonyl (C=O) groups is 1. The molecule has 1 amide bonds. The van der Waals surface area contributed by atoms with Crippen molar-refractivity contribution in [1.29, 1.82) is 0 Å². The van der Waals surface area contributed by atoms with Gasteiger partial charge in [0.25, 0.3) is 5.56 Å². The zero-order valence-electron chi connectivity index (χ0n) is 16.9. The predicted molar refractivity (Wildman–Crippen MR) is 108 cm³/mol. The number of nitrogens with zero attached hydrogens (tertiary/aromatic N) is 3. The van der Waals surface area contributed by atoms with E-state index in [1.165, 1.54) is 4.57 Å². The number of aromatic nitrogens is 3. The third-order valence-corrected chi connectivity index (χ3v) is 4.65. The van der Waals surface area contributed by atoms with Gasteiger partial charge in [0, 0.05) is 37.3 Å². The van der Waals surface area contributed by atoms with Crippen LogP contribution < -0.4 is 20.3 Å². The Labute approximate surface area is 168 Å². The fraction of sp³-hybridized carbons (Fsp3) is 0.286. The number of ether oxygens (including phenoxy) is 2. The number of benzene rings is 1. The first kappa shape index (κ1) is 20.2. The molecule has 2 heterocycles. The third kappa shape index (κ3) is 4.48. The largest absolute Gasteiger partial charge is 0.497 e. The van der Waals surface area contributed by atoms with Crippen LogP contribution in [0, 0.1) is 6.92 Å². The molecule has 1 N–H and O–H groups in total. The monoisotopic (exact) mass is 396 g/mol. The lowest BCUT2D eigenvalue weighted by atomic mass is 10.0. The van der Waals surface area contributed by atoms with Gasteiger partial charge in [0.15, 0.2) is 0 Å².